The average molecular weight is 1060 g/mol. The Bertz CT molecular complexity index is 1360. The molecule has 6 heteroatoms. The SMILES string of the molecule is CC/C=C\C/C=C\C/C=C\C/C=C\CCCCCCCCCCCCCCC(=O)OCC(COC(=O)CCCCCCCCCCCCCCCCC)OC(=O)CCCCCCCCC/C=C\CCCCCCCCC. The number of hydrogen-bond acceptors (Lipinski definition) is 6. The molecule has 0 aliphatic carbocycles. The minimum absolute atomic E-state index is 0.0718. The molecule has 0 saturated heterocycles. The Balaban J connectivity index is 4.30. The normalized spacial score (nSPS) is 12.4. The van der Waals surface area contributed by atoms with Gasteiger partial charge in [0, 0.05) is 19.3 Å². The fourth-order valence-electron chi connectivity index (χ4n) is 9.79. The van der Waals surface area contributed by atoms with E-state index in [0.29, 0.717) is 19.3 Å². The molecule has 0 aromatic heterocycles. The van der Waals surface area contributed by atoms with E-state index in [2.05, 4.69) is 81.5 Å². The van der Waals surface area contributed by atoms with Gasteiger partial charge in [-0.2, -0.15) is 0 Å². The zero-order chi connectivity index (χ0) is 55.0. The Morgan fingerprint density at radius 3 is 0.816 bits per heavy atom. The molecule has 1 unspecified atom stereocenters. The minimum Gasteiger partial charge on any atom is -0.462 e. The number of allylic oxidation sites excluding steroid dienone is 10. The molecule has 0 aromatic carbocycles. The number of carbonyl (C=O) groups excluding carboxylic acids is 3. The van der Waals surface area contributed by atoms with Gasteiger partial charge in [0.1, 0.15) is 13.2 Å². The number of hydrogen-bond donors (Lipinski definition) is 0. The lowest BCUT2D eigenvalue weighted by Crippen LogP contribution is -2.30. The van der Waals surface area contributed by atoms with Crippen LogP contribution in [0.5, 0.6) is 0 Å². The minimum atomic E-state index is -0.776. The predicted molar refractivity (Wildman–Crippen MR) is 330 cm³/mol. The molecule has 0 aliphatic heterocycles. The number of carbonyl (C=O) groups is 3. The number of esters is 3. The van der Waals surface area contributed by atoms with E-state index in [9.17, 15) is 14.4 Å². The quantitative estimate of drug-likeness (QED) is 0.0261. The molecular weight excluding hydrogens is 937 g/mol. The van der Waals surface area contributed by atoms with Gasteiger partial charge in [0.25, 0.3) is 0 Å². The lowest BCUT2D eigenvalue weighted by molar-refractivity contribution is -0.167. The van der Waals surface area contributed by atoms with Crippen molar-refractivity contribution in [2.24, 2.45) is 0 Å². The van der Waals surface area contributed by atoms with Gasteiger partial charge in [0.15, 0.2) is 6.10 Å². The van der Waals surface area contributed by atoms with Crippen LogP contribution in [0.3, 0.4) is 0 Å². The van der Waals surface area contributed by atoms with E-state index in [4.69, 9.17) is 14.2 Å². The van der Waals surface area contributed by atoms with Crippen LogP contribution in [0.4, 0.5) is 0 Å². The van der Waals surface area contributed by atoms with Crippen molar-refractivity contribution in [1.82, 2.24) is 0 Å². The molecular formula is C70H126O6. The summed E-state index contributed by atoms with van der Waals surface area (Å²) < 4.78 is 17.0. The zero-order valence-electron chi connectivity index (χ0n) is 50.8. The highest BCUT2D eigenvalue weighted by atomic mass is 16.6. The maximum absolute atomic E-state index is 12.9. The van der Waals surface area contributed by atoms with Gasteiger partial charge in [-0.1, -0.05) is 306 Å². The van der Waals surface area contributed by atoms with E-state index >= 15 is 0 Å². The third-order valence-corrected chi connectivity index (χ3v) is 14.8. The standard InChI is InChI=1S/C70H126O6/c1-4-7-10-13-16-19-22-25-28-30-32-33-34-35-36-37-38-40-42-45-48-51-54-57-60-63-69(72)75-66-67(65-74-68(71)62-59-56-53-50-47-44-41-27-24-21-18-15-12-9-6-3)76-70(73)64-61-58-55-52-49-46-43-39-31-29-26-23-20-17-14-11-8-5-2/h7,10,16,19,25,28-29,31-33,67H,4-6,8-9,11-15,17-18,20-24,26-27,30,34-66H2,1-3H3/b10-7-,19-16-,28-25-,31-29-,33-32-. The van der Waals surface area contributed by atoms with Crippen LogP contribution in [0.25, 0.3) is 0 Å². The van der Waals surface area contributed by atoms with E-state index in [0.717, 1.165) is 83.5 Å². The smallest absolute Gasteiger partial charge is 0.306 e. The summed E-state index contributed by atoms with van der Waals surface area (Å²) in [7, 11) is 0. The highest BCUT2D eigenvalue weighted by Crippen LogP contribution is 2.17. The molecule has 0 spiro atoms. The second kappa shape index (κ2) is 64.6. The zero-order valence-corrected chi connectivity index (χ0v) is 50.8. The molecule has 76 heavy (non-hydrogen) atoms. The lowest BCUT2D eigenvalue weighted by Gasteiger charge is -2.18. The van der Waals surface area contributed by atoms with Crippen LogP contribution in [0.2, 0.25) is 0 Å². The first kappa shape index (κ1) is 73.1. The van der Waals surface area contributed by atoms with Gasteiger partial charge in [-0.25, -0.2) is 0 Å². The van der Waals surface area contributed by atoms with E-state index in [1.807, 2.05) is 0 Å². The second-order valence-electron chi connectivity index (χ2n) is 22.4. The Morgan fingerprint density at radius 2 is 0.513 bits per heavy atom. The first-order chi connectivity index (χ1) is 37.5. The van der Waals surface area contributed by atoms with Crippen molar-refractivity contribution in [2.45, 2.75) is 354 Å². The van der Waals surface area contributed by atoms with Crippen LogP contribution in [0.15, 0.2) is 60.8 Å². The summed E-state index contributed by atoms with van der Waals surface area (Å²) in [6.45, 7) is 6.58. The third kappa shape index (κ3) is 62.0. The topological polar surface area (TPSA) is 78.9 Å². The Kier molecular flexibility index (Phi) is 62.2. The molecule has 442 valence electrons. The lowest BCUT2D eigenvalue weighted by atomic mass is 10.0. The average Bonchev–Trinajstić information content (AvgIpc) is 3.42. The van der Waals surface area contributed by atoms with Crippen molar-refractivity contribution in [3.05, 3.63) is 60.8 Å². The maximum atomic E-state index is 12.9. The largest absolute Gasteiger partial charge is 0.462 e. The molecule has 0 aromatic rings. The van der Waals surface area contributed by atoms with Crippen LogP contribution in [0.1, 0.15) is 348 Å². The molecule has 1 atom stereocenters. The first-order valence-electron chi connectivity index (χ1n) is 33.3. The van der Waals surface area contributed by atoms with Gasteiger partial charge >= 0.3 is 17.9 Å². The summed E-state index contributed by atoms with van der Waals surface area (Å²) in [6.07, 6.45) is 82.3. The fraction of sp³-hybridized carbons (Fsp3) is 0.814. The Labute approximate surface area is 472 Å². The highest BCUT2D eigenvalue weighted by Gasteiger charge is 2.19. The Hall–Kier alpha value is -2.89. The first-order valence-corrected chi connectivity index (χ1v) is 33.3. The van der Waals surface area contributed by atoms with E-state index in [1.54, 1.807) is 0 Å². The van der Waals surface area contributed by atoms with Gasteiger partial charge in [-0.05, 0) is 83.5 Å². The van der Waals surface area contributed by atoms with Crippen LogP contribution >= 0.6 is 0 Å². The fourth-order valence-corrected chi connectivity index (χ4v) is 9.79. The van der Waals surface area contributed by atoms with Crippen molar-refractivity contribution in [2.75, 3.05) is 13.2 Å². The second-order valence-corrected chi connectivity index (χ2v) is 22.4. The highest BCUT2D eigenvalue weighted by molar-refractivity contribution is 5.71. The van der Waals surface area contributed by atoms with Crippen LogP contribution in [0, 0.1) is 0 Å². The summed E-state index contributed by atoms with van der Waals surface area (Å²) >= 11 is 0. The van der Waals surface area contributed by atoms with Gasteiger partial charge in [-0.3, -0.25) is 14.4 Å². The van der Waals surface area contributed by atoms with Gasteiger partial charge in [0.05, 0.1) is 0 Å². The summed E-state index contributed by atoms with van der Waals surface area (Å²) in [6, 6.07) is 0. The maximum Gasteiger partial charge on any atom is 0.306 e. The van der Waals surface area contributed by atoms with Crippen molar-refractivity contribution in [3.63, 3.8) is 0 Å². The molecule has 0 bridgehead atoms. The number of ether oxygens (including phenoxy) is 3. The molecule has 0 amide bonds. The van der Waals surface area contributed by atoms with Crippen LogP contribution < -0.4 is 0 Å². The Morgan fingerprint density at radius 1 is 0.276 bits per heavy atom. The van der Waals surface area contributed by atoms with Crippen molar-refractivity contribution < 1.29 is 28.6 Å². The predicted octanol–water partition coefficient (Wildman–Crippen LogP) is 22.7. The van der Waals surface area contributed by atoms with E-state index in [-0.39, 0.29) is 31.1 Å². The van der Waals surface area contributed by atoms with E-state index < -0.39 is 6.10 Å². The molecule has 0 fully saturated rings. The van der Waals surface area contributed by atoms with E-state index in [1.165, 1.54) is 225 Å². The molecule has 0 rings (SSSR count). The summed E-state index contributed by atoms with van der Waals surface area (Å²) in [4.78, 5) is 38.4. The van der Waals surface area contributed by atoms with Crippen LogP contribution in [-0.4, -0.2) is 37.2 Å². The van der Waals surface area contributed by atoms with Gasteiger partial charge in [0.2, 0.25) is 0 Å². The third-order valence-electron chi connectivity index (χ3n) is 14.8. The van der Waals surface area contributed by atoms with Gasteiger partial charge < -0.3 is 14.2 Å². The summed E-state index contributed by atoms with van der Waals surface area (Å²) in [5.41, 5.74) is 0. The summed E-state index contributed by atoms with van der Waals surface area (Å²) in [5.74, 6) is -0.856. The molecule has 0 heterocycles. The number of unbranched alkanes of at least 4 members (excludes halogenated alkanes) is 40. The molecule has 6 nitrogen and oxygen atoms in total. The monoisotopic (exact) mass is 1060 g/mol. The molecule has 0 radical (unpaired) electrons. The van der Waals surface area contributed by atoms with Gasteiger partial charge in [-0.15, -0.1) is 0 Å². The molecule has 0 N–H and O–H groups in total. The van der Waals surface area contributed by atoms with Crippen LogP contribution in [-0.2, 0) is 28.6 Å². The van der Waals surface area contributed by atoms with Crippen molar-refractivity contribution in [3.8, 4) is 0 Å². The molecule has 0 aliphatic rings. The van der Waals surface area contributed by atoms with Crippen molar-refractivity contribution >= 4 is 17.9 Å². The summed E-state index contributed by atoms with van der Waals surface area (Å²) in [5, 5.41) is 0. The van der Waals surface area contributed by atoms with Crippen molar-refractivity contribution in [1.29, 1.82) is 0 Å². The number of rotatable bonds is 61. The molecule has 0 saturated carbocycles.